The smallest absolute Gasteiger partial charge is 0.321 e. The Morgan fingerprint density at radius 2 is 2.00 bits per heavy atom. The maximum absolute atomic E-state index is 12.9. The van der Waals surface area contributed by atoms with Gasteiger partial charge in [-0.1, -0.05) is 0 Å². The van der Waals surface area contributed by atoms with E-state index in [1.54, 1.807) is 6.92 Å². The number of halogens is 1. The monoisotopic (exact) mass is 317 g/mol. The lowest BCUT2D eigenvalue weighted by atomic mass is 10.3. The van der Waals surface area contributed by atoms with Crippen molar-refractivity contribution in [2.24, 2.45) is 0 Å². The van der Waals surface area contributed by atoms with Gasteiger partial charge < -0.3 is 11.1 Å². The molecular weight excluding hydrogens is 301 g/mol. The van der Waals surface area contributed by atoms with Gasteiger partial charge in [-0.05, 0) is 32.0 Å². The fraction of sp³-hybridized carbons (Fsp3) is 0.333. The third-order valence-corrected chi connectivity index (χ3v) is 4.82. The highest BCUT2D eigenvalue weighted by Crippen LogP contribution is 2.23. The maximum atomic E-state index is 12.9. The highest BCUT2D eigenvalue weighted by atomic mass is 32.2. The molecule has 1 rings (SSSR count). The summed E-state index contributed by atoms with van der Waals surface area (Å²) in [6, 6.07) is 1.96. The summed E-state index contributed by atoms with van der Waals surface area (Å²) in [6.07, 6.45) is 0. The van der Waals surface area contributed by atoms with Crippen molar-refractivity contribution in [3.8, 4) is 0 Å². The number of nitrogens with one attached hydrogen (secondary N) is 2. The van der Waals surface area contributed by atoms with Gasteiger partial charge in [0.2, 0.25) is 5.91 Å². The number of sulfone groups is 1. The predicted molar refractivity (Wildman–Crippen MR) is 74.7 cm³/mol. The molecule has 4 N–H and O–H groups in total. The zero-order valence-electron chi connectivity index (χ0n) is 11.5. The Balaban J connectivity index is 3.01. The maximum Gasteiger partial charge on any atom is 0.321 e. The molecule has 0 fully saturated rings. The quantitative estimate of drug-likeness (QED) is 0.549. The average Bonchev–Trinajstić information content (AvgIpc) is 2.37. The molecule has 1 aromatic carbocycles. The fourth-order valence-corrected chi connectivity index (χ4v) is 2.89. The summed E-state index contributed by atoms with van der Waals surface area (Å²) < 4.78 is 37.4. The van der Waals surface area contributed by atoms with Crippen LogP contribution in [-0.4, -0.2) is 32.2 Å². The minimum atomic E-state index is -4.13. The van der Waals surface area contributed by atoms with Crippen LogP contribution in [0.4, 0.5) is 14.9 Å². The molecule has 1 unspecified atom stereocenters. The van der Waals surface area contributed by atoms with Crippen LogP contribution in [0.5, 0.6) is 0 Å². The standard InChI is InChI=1S/C12H16FN3O4S/c1-3-15-12(18)16-11(17)7(2)21(19,20)10-5-4-8(13)6-9(10)14/h4-7H,3,14H2,1-2H3,(H2,15,16,17,18). The normalized spacial score (nSPS) is 12.5. The number of hydrogen-bond acceptors (Lipinski definition) is 5. The molecule has 0 radical (unpaired) electrons. The van der Waals surface area contributed by atoms with Crippen molar-refractivity contribution in [3.63, 3.8) is 0 Å². The van der Waals surface area contributed by atoms with Crippen LogP contribution in [-0.2, 0) is 14.6 Å². The van der Waals surface area contributed by atoms with Crippen molar-refractivity contribution < 1.29 is 22.4 Å². The third-order valence-electron chi connectivity index (χ3n) is 2.69. The van der Waals surface area contributed by atoms with Crippen LogP contribution in [0, 0.1) is 5.82 Å². The second-order valence-corrected chi connectivity index (χ2v) is 6.46. The second-order valence-electron chi connectivity index (χ2n) is 4.22. The molecule has 0 saturated carbocycles. The summed E-state index contributed by atoms with van der Waals surface area (Å²) in [5.74, 6) is -1.68. The van der Waals surface area contributed by atoms with E-state index in [2.05, 4.69) is 5.32 Å². The molecule has 9 heteroatoms. The van der Waals surface area contributed by atoms with Crippen molar-refractivity contribution >= 4 is 27.5 Å². The minimum Gasteiger partial charge on any atom is -0.398 e. The summed E-state index contributed by atoms with van der Waals surface area (Å²) >= 11 is 0. The molecular formula is C12H16FN3O4S. The van der Waals surface area contributed by atoms with Crippen LogP contribution in [0.1, 0.15) is 13.8 Å². The second kappa shape index (κ2) is 6.53. The van der Waals surface area contributed by atoms with E-state index in [0.717, 1.165) is 25.1 Å². The van der Waals surface area contributed by atoms with Crippen LogP contribution in [0.3, 0.4) is 0 Å². The Morgan fingerprint density at radius 1 is 1.38 bits per heavy atom. The highest BCUT2D eigenvalue weighted by Gasteiger charge is 2.32. The van der Waals surface area contributed by atoms with Gasteiger partial charge in [0.25, 0.3) is 0 Å². The summed E-state index contributed by atoms with van der Waals surface area (Å²) in [4.78, 5) is 22.6. The molecule has 21 heavy (non-hydrogen) atoms. The Morgan fingerprint density at radius 3 is 2.52 bits per heavy atom. The molecule has 0 saturated heterocycles. The first-order valence-corrected chi connectivity index (χ1v) is 7.62. The highest BCUT2D eigenvalue weighted by molar-refractivity contribution is 7.93. The molecule has 116 valence electrons. The molecule has 0 aromatic heterocycles. The van der Waals surface area contributed by atoms with Gasteiger partial charge in [0.1, 0.15) is 11.1 Å². The number of nitrogen functional groups attached to an aromatic ring is 1. The molecule has 0 spiro atoms. The summed E-state index contributed by atoms with van der Waals surface area (Å²) in [5.41, 5.74) is 5.17. The van der Waals surface area contributed by atoms with Gasteiger partial charge in [-0.15, -0.1) is 0 Å². The van der Waals surface area contributed by atoms with E-state index >= 15 is 0 Å². The van der Waals surface area contributed by atoms with Crippen LogP contribution in [0.2, 0.25) is 0 Å². The number of carbonyl (C=O) groups is 2. The van der Waals surface area contributed by atoms with Crippen LogP contribution in [0.15, 0.2) is 23.1 Å². The van der Waals surface area contributed by atoms with Gasteiger partial charge in [-0.3, -0.25) is 10.1 Å². The summed E-state index contributed by atoms with van der Waals surface area (Å²) in [7, 11) is -4.13. The molecule has 0 bridgehead atoms. The number of amides is 3. The van der Waals surface area contributed by atoms with Crippen molar-refractivity contribution in [2.45, 2.75) is 24.0 Å². The lowest BCUT2D eigenvalue weighted by molar-refractivity contribution is -0.119. The van der Waals surface area contributed by atoms with Crippen molar-refractivity contribution in [1.82, 2.24) is 10.6 Å². The average molecular weight is 317 g/mol. The Hall–Kier alpha value is -2.16. The van der Waals surface area contributed by atoms with E-state index in [1.165, 1.54) is 0 Å². The van der Waals surface area contributed by atoms with E-state index in [1.807, 2.05) is 5.32 Å². The van der Waals surface area contributed by atoms with Crippen molar-refractivity contribution in [1.29, 1.82) is 0 Å². The SMILES string of the molecule is CCNC(=O)NC(=O)C(C)S(=O)(=O)c1ccc(F)cc1N. The lowest BCUT2D eigenvalue weighted by Crippen LogP contribution is -2.45. The number of urea groups is 1. The Labute approximate surface area is 121 Å². The van der Waals surface area contributed by atoms with Crippen LogP contribution in [0.25, 0.3) is 0 Å². The lowest BCUT2D eigenvalue weighted by Gasteiger charge is -2.14. The number of anilines is 1. The minimum absolute atomic E-state index is 0.283. The van der Waals surface area contributed by atoms with Gasteiger partial charge in [0.15, 0.2) is 9.84 Å². The molecule has 0 aliphatic carbocycles. The van der Waals surface area contributed by atoms with Crippen LogP contribution < -0.4 is 16.4 Å². The molecule has 1 aromatic rings. The number of imide groups is 1. The predicted octanol–water partition coefficient (Wildman–Crippen LogP) is 0.416. The molecule has 3 amide bonds. The van der Waals surface area contributed by atoms with E-state index in [-0.39, 0.29) is 17.1 Å². The van der Waals surface area contributed by atoms with E-state index in [0.29, 0.717) is 0 Å². The van der Waals surface area contributed by atoms with Gasteiger partial charge in [0, 0.05) is 6.54 Å². The van der Waals surface area contributed by atoms with E-state index < -0.39 is 32.8 Å². The zero-order valence-corrected chi connectivity index (χ0v) is 12.3. The van der Waals surface area contributed by atoms with Gasteiger partial charge in [0.05, 0.1) is 10.6 Å². The van der Waals surface area contributed by atoms with Crippen molar-refractivity contribution in [2.75, 3.05) is 12.3 Å². The van der Waals surface area contributed by atoms with Gasteiger partial charge in [-0.2, -0.15) is 0 Å². The number of carbonyl (C=O) groups excluding carboxylic acids is 2. The fourth-order valence-electron chi connectivity index (χ4n) is 1.53. The molecule has 0 aliphatic rings. The number of nitrogens with two attached hydrogens (primary N) is 1. The van der Waals surface area contributed by atoms with Gasteiger partial charge in [-0.25, -0.2) is 17.6 Å². The molecule has 0 aliphatic heterocycles. The molecule has 1 atom stereocenters. The largest absolute Gasteiger partial charge is 0.398 e. The number of benzene rings is 1. The zero-order chi connectivity index (χ0) is 16.2. The first-order valence-electron chi connectivity index (χ1n) is 6.07. The van der Waals surface area contributed by atoms with E-state index in [4.69, 9.17) is 5.73 Å². The topological polar surface area (TPSA) is 118 Å². The first kappa shape index (κ1) is 16.9. The number of hydrogen-bond donors (Lipinski definition) is 3. The van der Waals surface area contributed by atoms with Gasteiger partial charge >= 0.3 is 6.03 Å². The number of rotatable bonds is 4. The van der Waals surface area contributed by atoms with E-state index in [9.17, 15) is 22.4 Å². The Bertz CT molecular complexity index is 660. The molecule has 0 heterocycles. The molecule has 7 nitrogen and oxygen atoms in total. The Kier molecular flexibility index (Phi) is 5.25. The van der Waals surface area contributed by atoms with Crippen molar-refractivity contribution in [3.05, 3.63) is 24.0 Å². The first-order chi connectivity index (χ1) is 9.70. The summed E-state index contributed by atoms with van der Waals surface area (Å²) in [5, 5.41) is 2.66. The summed E-state index contributed by atoms with van der Waals surface area (Å²) in [6.45, 7) is 3.04. The van der Waals surface area contributed by atoms with Crippen LogP contribution >= 0.6 is 0 Å². The third kappa shape index (κ3) is 3.91.